The number of hydrogen-bond acceptors (Lipinski definition) is 1. The Morgan fingerprint density at radius 3 is 2.22 bits per heavy atom. The molecule has 0 saturated carbocycles. The van der Waals surface area contributed by atoms with Gasteiger partial charge in [0, 0.05) is 5.60 Å². The van der Waals surface area contributed by atoms with E-state index in [2.05, 4.69) is 52.1 Å². The van der Waals surface area contributed by atoms with Crippen molar-refractivity contribution < 1.29 is 51.0 Å². The summed E-state index contributed by atoms with van der Waals surface area (Å²) in [4.78, 5) is 0. The molecule has 0 atom stereocenters. The van der Waals surface area contributed by atoms with Crippen LogP contribution in [0.25, 0.3) is 0 Å². The van der Waals surface area contributed by atoms with Crippen molar-refractivity contribution in [1.29, 1.82) is 0 Å². The van der Waals surface area contributed by atoms with Crippen LogP contribution in [-0.2, 0) is 26.1 Å². The minimum absolute atomic E-state index is 0. The SMILES string of the molecule is CC(C)(C)O[Si](C)(C)CCC1=[C-]CC=C1.[Cl-].[Cl-].[Ti+3]. The third kappa shape index (κ3) is 10.8. The van der Waals surface area contributed by atoms with Gasteiger partial charge in [0.1, 0.15) is 0 Å². The molecule has 0 bridgehead atoms. The summed E-state index contributed by atoms with van der Waals surface area (Å²) < 4.78 is 6.16. The molecule has 0 fully saturated rings. The first kappa shape index (κ1) is 24.0. The summed E-state index contributed by atoms with van der Waals surface area (Å²) in [7, 11) is -1.50. The third-order valence-electron chi connectivity index (χ3n) is 2.34. The van der Waals surface area contributed by atoms with E-state index in [0.29, 0.717) is 0 Å². The maximum absolute atomic E-state index is 6.16. The molecule has 1 nitrogen and oxygen atoms in total. The molecule has 0 aromatic rings. The van der Waals surface area contributed by atoms with Crippen molar-refractivity contribution in [1.82, 2.24) is 0 Å². The van der Waals surface area contributed by atoms with Gasteiger partial charge in [-0.3, -0.25) is 6.08 Å². The van der Waals surface area contributed by atoms with Gasteiger partial charge in [0.05, 0.1) is 0 Å². The van der Waals surface area contributed by atoms with Crippen molar-refractivity contribution in [2.75, 3.05) is 0 Å². The summed E-state index contributed by atoms with van der Waals surface area (Å²) >= 11 is 0. The van der Waals surface area contributed by atoms with E-state index in [1.165, 1.54) is 11.6 Å². The van der Waals surface area contributed by atoms with E-state index in [1.54, 1.807) is 0 Å². The normalized spacial score (nSPS) is 14.2. The van der Waals surface area contributed by atoms with E-state index in [1.807, 2.05) is 0 Å². The van der Waals surface area contributed by atoms with Gasteiger partial charge >= 0.3 is 21.7 Å². The first-order valence-electron chi connectivity index (χ1n) is 5.75. The summed E-state index contributed by atoms with van der Waals surface area (Å²) in [6.45, 7) is 11.0. The number of halogens is 2. The topological polar surface area (TPSA) is 9.23 Å². The summed E-state index contributed by atoms with van der Waals surface area (Å²) in [6.07, 6.45) is 9.86. The van der Waals surface area contributed by atoms with Gasteiger partial charge in [-0.1, -0.05) is 6.42 Å². The van der Waals surface area contributed by atoms with Gasteiger partial charge in [-0.2, -0.15) is 6.08 Å². The predicted molar refractivity (Wildman–Crippen MR) is 68.3 cm³/mol. The molecule has 0 unspecified atom stereocenters. The fraction of sp³-hybridized carbons (Fsp3) is 0.692. The Bertz CT molecular complexity index is 283. The van der Waals surface area contributed by atoms with Crippen LogP contribution in [-0.4, -0.2) is 13.9 Å². The molecule has 1 rings (SSSR count). The summed E-state index contributed by atoms with van der Waals surface area (Å²) in [5.41, 5.74) is 1.37. The average Bonchev–Trinajstić information content (AvgIpc) is 2.47. The van der Waals surface area contributed by atoms with E-state index < -0.39 is 8.32 Å². The van der Waals surface area contributed by atoms with Crippen LogP contribution in [0.15, 0.2) is 17.7 Å². The summed E-state index contributed by atoms with van der Waals surface area (Å²) in [6, 6.07) is 1.19. The minimum atomic E-state index is -1.50. The van der Waals surface area contributed by atoms with E-state index >= 15 is 0 Å². The van der Waals surface area contributed by atoms with Crippen molar-refractivity contribution in [3.8, 4) is 0 Å². The van der Waals surface area contributed by atoms with Crippen LogP contribution in [0.5, 0.6) is 0 Å². The molecule has 18 heavy (non-hydrogen) atoms. The van der Waals surface area contributed by atoms with Crippen molar-refractivity contribution >= 4 is 8.32 Å². The fourth-order valence-electron chi connectivity index (χ4n) is 1.94. The zero-order valence-electron chi connectivity index (χ0n) is 11.9. The maximum atomic E-state index is 6.16. The molecule has 0 amide bonds. The Morgan fingerprint density at radius 2 is 1.83 bits per heavy atom. The van der Waals surface area contributed by atoms with Gasteiger partial charge in [0.2, 0.25) is 0 Å². The molecule has 0 aromatic heterocycles. The Kier molecular flexibility index (Phi) is 13.1. The Balaban J connectivity index is -0.000000750. The van der Waals surface area contributed by atoms with Gasteiger partial charge in [-0.15, -0.1) is 6.42 Å². The second-order valence-corrected chi connectivity index (χ2v) is 10.0. The van der Waals surface area contributed by atoms with Crippen molar-refractivity contribution in [3.05, 3.63) is 23.8 Å². The van der Waals surface area contributed by atoms with Gasteiger partial charge in [-0.25, -0.2) is 11.6 Å². The van der Waals surface area contributed by atoms with Crippen LogP contribution >= 0.6 is 0 Å². The summed E-state index contributed by atoms with van der Waals surface area (Å²) in [5.74, 6) is 0. The second-order valence-electron chi connectivity index (χ2n) is 5.78. The Morgan fingerprint density at radius 1 is 1.28 bits per heavy atom. The van der Waals surface area contributed by atoms with Gasteiger partial charge in [0.25, 0.3) is 0 Å². The Labute approximate surface area is 141 Å². The molecular formula is C13H23Cl2OSiTi. The predicted octanol–water partition coefficient (Wildman–Crippen LogP) is -1.91. The van der Waals surface area contributed by atoms with Gasteiger partial charge in [-0.05, 0) is 39.9 Å². The molecule has 1 aliphatic carbocycles. The van der Waals surface area contributed by atoms with Crippen molar-refractivity contribution in [3.63, 3.8) is 0 Å². The molecular weight excluding hydrogens is 319 g/mol. The Hall–Kier alpha value is 0.951. The standard InChI is InChI=1S/C13H23OSi.2ClH.Ti/c1-13(2,3)14-15(4,5)11-10-12-8-6-7-9-12;;;/h6,8H,7,10-11H2,1-5H3;2*1H;/q-1;;;+3/p-2. The molecule has 0 aromatic carbocycles. The third-order valence-corrected chi connectivity index (χ3v) is 4.96. The maximum Gasteiger partial charge on any atom is 3.00 e. The molecule has 103 valence electrons. The van der Waals surface area contributed by atoms with Crippen LogP contribution < -0.4 is 24.8 Å². The average molecular weight is 342 g/mol. The van der Waals surface area contributed by atoms with E-state index in [9.17, 15) is 0 Å². The number of hydrogen-bond donors (Lipinski definition) is 0. The zero-order chi connectivity index (χ0) is 11.5. The molecule has 1 aliphatic rings. The molecule has 0 N–H and O–H groups in total. The van der Waals surface area contributed by atoms with Gasteiger partial charge < -0.3 is 29.2 Å². The van der Waals surface area contributed by atoms with Crippen molar-refractivity contribution in [2.45, 2.75) is 58.4 Å². The van der Waals surface area contributed by atoms with Crippen LogP contribution in [0, 0.1) is 6.08 Å². The molecule has 0 saturated heterocycles. The second kappa shape index (κ2) is 9.79. The van der Waals surface area contributed by atoms with Crippen molar-refractivity contribution in [2.24, 2.45) is 0 Å². The largest absolute Gasteiger partial charge is 3.00 e. The first-order chi connectivity index (χ1) is 6.79. The smallest absolute Gasteiger partial charge is 1.00 e. The monoisotopic (exact) mass is 341 g/mol. The molecule has 0 heterocycles. The zero-order valence-corrected chi connectivity index (χ0v) is 16.0. The van der Waals surface area contributed by atoms with E-state index in [0.717, 1.165) is 12.8 Å². The summed E-state index contributed by atoms with van der Waals surface area (Å²) in [5, 5.41) is 0. The minimum Gasteiger partial charge on any atom is -1.00 e. The fourth-order valence-corrected chi connectivity index (χ4v) is 4.57. The molecule has 0 spiro atoms. The van der Waals surface area contributed by atoms with Gasteiger partial charge in [0.15, 0.2) is 8.32 Å². The van der Waals surface area contributed by atoms with Crippen LogP contribution in [0.3, 0.4) is 0 Å². The van der Waals surface area contributed by atoms with E-state index in [-0.39, 0.29) is 52.1 Å². The molecule has 5 heteroatoms. The quantitative estimate of drug-likeness (QED) is 0.428. The van der Waals surface area contributed by atoms with Crippen LogP contribution in [0.2, 0.25) is 19.1 Å². The van der Waals surface area contributed by atoms with Crippen LogP contribution in [0.4, 0.5) is 0 Å². The number of rotatable bonds is 4. The molecule has 1 radical (unpaired) electrons. The number of allylic oxidation sites excluding steroid dienone is 4. The molecule has 0 aliphatic heterocycles. The first-order valence-corrected chi connectivity index (χ1v) is 8.86. The van der Waals surface area contributed by atoms with E-state index in [4.69, 9.17) is 4.43 Å². The van der Waals surface area contributed by atoms with Crippen LogP contribution in [0.1, 0.15) is 33.6 Å².